The Morgan fingerprint density at radius 3 is 2.68 bits per heavy atom. The monoisotopic (exact) mass is 423 g/mol. The van der Waals surface area contributed by atoms with Gasteiger partial charge in [0.15, 0.2) is 23.3 Å². The van der Waals surface area contributed by atoms with E-state index in [4.69, 9.17) is 14.2 Å². The first-order chi connectivity index (χ1) is 15.0. The van der Waals surface area contributed by atoms with E-state index in [0.717, 1.165) is 0 Å². The zero-order valence-electron chi connectivity index (χ0n) is 17.1. The summed E-state index contributed by atoms with van der Waals surface area (Å²) in [6, 6.07) is 11.7. The number of carbonyl (C=O) groups excluding carboxylic acids is 2. The average Bonchev–Trinajstić information content (AvgIpc) is 3.23. The summed E-state index contributed by atoms with van der Waals surface area (Å²) in [4.78, 5) is 37.9. The van der Waals surface area contributed by atoms with Gasteiger partial charge in [-0.05, 0) is 31.5 Å². The minimum Gasteiger partial charge on any atom is -0.454 e. The molecule has 3 aromatic rings. The summed E-state index contributed by atoms with van der Waals surface area (Å²) in [6.07, 6.45) is -0.418. The molecule has 0 radical (unpaired) electrons. The van der Waals surface area contributed by atoms with Gasteiger partial charge in [-0.1, -0.05) is 25.1 Å². The number of anilines is 1. The topological polar surface area (TPSA) is 109 Å². The number of esters is 1. The highest BCUT2D eigenvalue weighted by atomic mass is 16.7. The third-order valence-corrected chi connectivity index (χ3v) is 4.79. The van der Waals surface area contributed by atoms with Crippen LogP contribution in [0.3, 0.4) is 0 Å². The second-order valence-electron chi connectivity index (χ2n) is 7.03. The van der Waals surface area contributed by atoms with Crippen LogP contribution in [-0.4, -0.2) is 34.6 Å². The van der Waals surface area contributed by atoms with E-state index < -0.39 is 18.0 Å². The largest absolute Gasteiger partial charge is 0.454 e. The molecule has 1 unspecified atom stereocenters. The zero-order chi connectivity index (χ0) is 22.0. The summed E-state index contributed by atoms with van der Waals surface area (Å²) in [6.45, 7) is 3.86. The molecule has 1 aromatic heterocycles. The van der Waals surface area contributed by atoms with Crippen molar-refractivity contribution in [1.29, 1.82) is 0 Å². The number of hydrogen-bond acceptors (Lipinski definition) is 7. The molecule has 0 saturated carbocycles. The number of aryl methyl sites for hydroxylation is 1. The lowest BCUT2D eigenvalue weighted by atomic mass is 10.1. The molecule has 1 aliphatic rings. The molecule has 0 saturated heterocycles. The van der Waals surface area contributed by atoms with Crippen LogP contribution in [-0.2, 0) is 16.1 Å². The van der Waals surface area contributed by atoms with Crippen LogP contribution in [0.5, 0.6) is 11.5 Å². The summed E-state index contributed by atoms with van der Waals surface area (Å²) in [5.41, 5.74) is 0.200. The van der Waals surface area contributed by atoms with Crippen molar-refractivity contribution in [2.75, 3.05) is 12.1 Å². The van der Waals surface area contributed by atoms with E-state index >= 15 is 0 Å². The molecule has 1 amide bonds. The van der Waals surface area contributed by atoms with Crippen LogP contribution in [0, 0.1) is 0 Å². The first kappa shape index (κ1) is 20.4. The highest BCUT2D eigenvalue weighted by molar-refractivity contribution is 6.03. The van der Waals surface area contributed by atoms with Gasteiger partial charge in [-0.25, -0.2) is 9.48 Å². The second kappa shape index (κ2) is 8.47. The average molecular weight is 423 g/mol. The molecule has 2 aromatic carbocycles. The van der Waals surface area contributed by atoms with E-state index in [1.165, 1.54) is 11.6 Å². The Morgan fingerprint density at radius 1 is 1.16 bits per heavy atom. The second-order valence-corrected chi connectivity index (χ2v) is 7.03. The van der Waals surface area contributed by atoms with Gasteiger partial charge in [-0.3, -0.25) is 9.59 Å². The molecule has 31 heavy (non-hydrogen) atoms. The molecular formula is C22H21N3O6. The Hall–Kier alpha value is -3.88. The van der Waals surface area contributed by atoms with Crippen LogP contribution in [0.4, 0.5) is 5.69 Å². The van der Waals surface area contributed by atoms with Crippen LogP contribution in [0.2, 0.25) is 0 Å². The predicted molar refractivity (Wildman–Crippen MR) is 112 cm³/mol. The lowest BCUT2D eigenvalue weighted by Crippen LogP contribution is -2.32. The fourth-order valence-corrected chi connectivity index (χ4v) is 3.24. The Morgan fingerprint density at radius 2 is 1.90 bits per heavy atom. The third-order valence-electron chi connectivity index (χ3n) is 4.79. The summed E-state index contributed by atoms with van der Waals surface area (Å²) in [5.74, 6) is -0.179. The van der Waals surface area contributed by atoms with Crippen LogP contribution in [0.25, 0.3) is 10.8 Å². The standard InChI is InChI=1S/C22H21N3O6/c1-3-10-25-21(27)16-7-5-4-6-15(16)19(24-25)22(28)31-13(2)20(26)23-14-8-9-17-18(11-14)30-12-29-17/h4-9,11,13H,3,10,12H2,1-2H3,(H,23,26). The molecule has 1 N–H and O–H groups in total. The molecule has 0 bridgehead atoms. The molecule has 1 aliphatic heterocycles. The molecule has 2 heterocycles. The maximum Gasteiger partial charge on any atom is 0.360 e. The number of fused-ring (bicyclic) bond motifs is 2. The molecule has 0 fully saturated rings. The van der Waals surface area contributed by atoms with Crippen molar-refractivity contribution in [3.8, 4) is 11.5 Å². The minimum absolute atomic E-state index is 0.00798. The van der Waals surface area contributed by atoms with Crippen molar-refractivity contribution >= 4 is 28.3 Å². The van der Waals surface area contributed by atoms with Crippen molar-refractivity contribution < 1.29 is 23.8 Å². The fourth-order valence-electron chi connectivity index (χ4n) is 3.24. The molecule has 0 aliphatic carbocycles. The van der Waals surface area contributed by atoms with Gasteiger partial charge in [0.1, 0.15) is 0 Å². The van der Waals surface area contributed by atoms with Gasteiger partial charge in [0.25, 0.3) is 11.5 Å². The maximum atomic E-state index is 12.8. The van der Waals surface area contributed by atoms with E-state index in [9.17, 15) is 14.4 Å². The van der Waals surface area contributed by atoms with Crippen molar-refractivity contribution in [3.63, 3.8) is 0 Å². The Labute approximate surface area is 177 Å². The Kier molecular flexibility index (Phi) is 5.57. The molecule has 4 rings (SSSR count). The smallest absolute Gasteiger partial charge is 0.360 e. The zero-order valence-corrected chi connectivity index (χ0v) is 17.1. The van der Waals surface area contributed by atoms with Gasteiger partial charge < -0.3 is 19.5 Å². The molecule has 1 atom stereocenters. The van der Waals surface area contributed by atoms with Crippen LogP contribution in [0.1, 0.15) is 30.8 Å². The van der Waals surface area contributed by atoms with Crippen molar-refractivity contribution in [2.45, 2.75) is 32.9 Å². The summed E-state index contributed by atoms with van der Waals surface area (Å²) >= 11 is 0. The number of aromatic nitrogens is 2. The quantitative estimate of drug-likeness (QED) is 0.607. The normalized spacial score (nSPS) is 13.1. The van der Waals surface area contributed by atoms with Gasteiger partial charge in [-0.2, -0.15) is 5.10 Å². The summed E-state index contributed by atoms with van der Waals surface area (Å²) < 4.78 is 17.1. The van der Waals surface area contributed by atoms with Crippen molar-refractivity contribution in [2.24, 2.45) is 0 Å². The van der Waals surface area contributed by atoms with E-state index in [1.807, 2.05) is 6.92 Å². The molecule has 9 nitrogen and oxygen atoms in total. The number of hydrogen-bond donors (Lipinski definition) is 1. The van der Waals surface area contributed by atoms with Gasteiger partial charge in [0, 0.05) is 23.7 Å². The van der Waals surface area contributed by atoms with E-state index in [1.54, 1.807) is 42.5 Å². The predicted octanol–water partition coefficient (Wildman–Crippen LogP) is 2.72. The Bertz CT molecular complexity index is 1220. The van der Waals surface area contributed by atoms with Crippen LogP contribution < -0.4 is 20.3 Å². The summed E-state index contributed by atoms with van der Waals surface area (Å²) in [7, 11) is 0. The maximum absolute atomic E-state index is 12.8. The molecule has 160 valence electrons. The highest BCUT2D eigenvalue weighted by Crippen LogP contribution is 2.34. The number of rotatable bonds is 6. The first-order valence-electron chi connectivity index (χ1n) is 9.89. The number of nitrogens with zero attached hydrogens (tertiary/aromatic N) is 2. The lowest BCUT2D eigenvalue weighted by molar-refractivity contribution is -0.123. The van der Waals surface area contributed by atoms with Crippen LogP contribution >= 0.6 is 0 Å². The third kappa shape index (κ3) is 4.07. The number of nitrogens with one attached hydrogen (secondary N) is 1. The first-order valence-corrected chi connectivity index (χ1v) is 9.89. The minimum atomic E-state index is -1.09. The SMILES string of the molecule is CCCn1nc(C(=O)OC(C)C(=O)Nc2ccc3c(c2)OCO3)c2ccccc2c1=O. The van der Waals surface area contributed by atoms with Crippen LogP contribution in [0.15, 0.2) is 47.3 Å². The van der Waals surface area contributed by atoms with Gasteiger partial charge in [0.2, 0.25) is 6.79 Å². The summed E-state index contributed by atoms with van der Waals surface area (Å²) in [5, 5.41) is 7.63. The molecular weight excluding hydrogens is 402 g/mol. The van der Waals surface area contributed by atoms with Gasteiger partial charge in [-0.15, -0.1) is 0 Å². The van der Waals surface area contributed by atoms with E-state index in [-0.39, 0.29) is 18.0 Å². The van der Waals surface area contributed by atoms with Crippen molar-refractivity contribution in [1.82, 2.24) is 9.78 Å². The lowest BCUT2D eigenvalue weighted by Gasteiger charge is -2.15. The van der Waals surface area contributed by atoms with E-state index in [0.29, 0.717) is 40.9 Å². The molecule has 0 spiro atoms. The van der Waals surface area contributed by atoms with E-state index in [2.05, 4.69) is 10.4 Å². The molecule has 9 heteroatoms. The number of ether oxygens (including phenoxy) is 3. The number of carbonyl (C=O) groups is 2. The highest BCUT2D eigenvalue weighted by Gasteiger charge is 2.24. The van der Waals surface area contributed by atoms with Gasteiger partial charge in [0.05, 0.1) is 5.39 Å². The Balaban J connectivity index is 1.53. The number of amides is 1. The fraction of sp³-hybridized carbons (Fsp3) is 0.273. The van der Waals surface area contributed by atoms with Gasteiger partial charge >= 0.3 is 5.97 Å². The number of benzene rings is 2. The van der Waals surface area contributed by atoms with Crippen molar-refractivity contribution in [3.05, 3.63) is 58.5 Å².